The van der Waals surface area contributed by atoms with E-state index in [2.05, 4.69) is 24.0 Å². The van der Waals surface area contributed by atoms with E-state index in [1.807, 2.05) is 18.4 Å². The van der Waals surface area contributed by atoms with Gasteiger partial charge < -0.3 is 9.64 Å². The summed E-state index contributed by atoms with van der Waals surface area (Å²) in [4.78, 5) is 18.8. The Morgan fingerprint density at radius 3 is 3.00 bits per heavy atom. The van der Waals surface area contributed by atoms with Crippen LogP contribution in [0.25, 0.3) is 0 Å². The maximum atomic E-state index is 11.7. The van der Waals surface area contributed by atoms with Gasteiger partial charge in [0.1, 0.15) is 6.61 Å². The van der Waals surface area contributed by atoms with Gasteiger partial charge in [0.25, 0.3) is 0 Å². The van der Waals surface area contributed by atoms with Crippen molar-refractivity contribution in [1.29, 1.82) is 0 Å². The van der Waals surface area contributed by atoms with Crippen molar-refractivity contribution in [3.8, 4) is 0 Å². The lowest BCUT2D eigenvalue weighted by Crippen LogP contribution is -2.35. The molecule has 2 heterocycles. The molecule has 4 nitrogen and oxygen atoms in total. The van der Waals surface area contributed by atoms with E-state index in [9.17, 15) is 4.79 Å². The third-order valence-electron chi connectivity index (χ3n) is 3.77. The maximum Gasteiger partial charge on any atom is 0.248 e. The minimum atomic E-state index is 0.0693. The molecule has 1 fully saturated rings. The Kier molecular flexibility index (Phi) is 5.57. The predicted molar refractivity (Wildman–Crippen MR) is 82.0 cm³/mol. The van der Waals surface area contributed by atoms with E-state index >= 15 is 0 Å². The molecule has 1 amide bonds. The van der Waals surface area contributed by atoms with Gasteiger partial charge in [0.15, 0.2) is 0 Å². The number of hydrogen-bond acceptors (Lipinski definition) is 4. The van der Waals surface area contributed by atoms with Crippen LogP contribution in [0.1, 0.15) is 16.2 Å². The molecule has 0 radical (unpaired) electrons. The van der Waals surface area contributed by atoms with Gasteiger partial charge in [0, 0.05) is 43.5 Å². The minimum Gasteiger partial charge on any atom is -0.375 e. The number of amides is 1. The summed E-state index contributed by atoms with van der Waals surface area (Å²) in [5, 5.41) is 0. The second-order valence-corrected chi connectivity index (χ2v) is 6.98. The van der Waals surface area contributed by atoms with Gasteiger partial charge in [-0.15, -0.1) is 11.3 Å². The summed E-state index contributed by atoms with van der Waals surface area (Å²) in [7, 11) is 3.43. The van der Waals surface area contributed by atoms with Crippen LogP contribution >= 0.6 is 11.3 Å². The Bertz CT molecular complexity index is 447. The molecule has 0 N–H and O–H groups in total. The zero-order valence-electron chi connectivity index (χ0n) is 12.6. The van der Waals surface area contributed by atoms with Crippen LogP contribution in [0.3, 0.4) is 0 Å². The lowest BCUT2D eigenvalue weighted by Gasteiger charge is -2.21. The molecule has 1 aromatic rings. The third-order valence-corrected chi connectivity index (χ3v) is 4.76. The molecule has 20 heavy (non-hydrogen) atoms. The fourth-order valence-corrected chi connectivity index (χ4v) is 3.65. The molecule has 1 aliphatic rings. The number of methoxy groups -OCH3 is 1. The Balaban J connectivity index is 1.76. The SMILES string of the molecule is COCC(=O)N(C)C[C@H]1CCN(Cc2ccc(C)s2)C1. The predicted octanol–water partition coefficient (Wildman–Crippen LogP) is 1.98. The largest absolute Gasteiger partial charge is 0.375 e. The average molecular weight is 296 g/mol. The molecular formula is C15H24N2O2S. The first-order valence-corrected chi connectivity index (χ1v) is 7.90. The van der Waals surface area contributed by atoms with Gasteiger partial charge in [-0.1, -0.05) is 0 Å². The topological polar surface area (TPSA) is 32.8 Å². The Hall–Kier alpha value is -0.910. The summed E-state index contributed by atoms with van der Waals surface area (Å²) in [5.74, 6) is 0.654. The number of carbonyl (C=O) groups is 1. The van der Waals surface area contributed by atoms with Crippen molar-refractivity contribution in [2.24, 2.45) is 5.92 Å². The van der Waals surface area contributed by atoms with Crippen LogP contribution in [0.5, 0.6) is 0 Å². The summed E-state index contributed by atoms with van der Waals surface area (Å²) in [6.07, 6.45) is 1.18. The first-order chi connectivity index (χ1) is 9.58. The van der Waals surface area contributed by atoms with Crippen molar-refractivity contribution >= 4 is 17.2 Å². The van der Waals surface area contributed by atoms with E-state index in [0.717, 1.165) is 26.2 Å². The molecule has 2 rings (SSSR count). The van der Waals surface area contributed by atoms with E-state index in [0.29, 0.717) is 5.92 Å². The standard InChI is InChI=1S/C15H24N2O2S/c1-12-4-5-14(20-12)10-17-7-6-13(9-17)8-16(2)15(18)11-19-3/h4-5,13H,6-11H2,1-3H3/t13-/m1/s1. The first-order valence-electron chi connectivity index (χ1n) is 7.09. The maximum absolute atomic E-state index is 11.7. The molecular weight excluding hydrogens is 272 g/mol. The molecule has 0 unspecified atom stereocenters. The molecule has 0 aromatic carbocycles. The van der Waals surface area contributed by atoms with Gasteiger partial charge in [-0.3, -0.25) is 9.69 Å². The fourth-order valence-electron chi connectivity index (χ4n) is 2.72. The number of ether oxygens (including phenoxy) is 1. The average Bonchev–Trinajstić information content (AvgIpc) is 3.00. The molecule has 1 saturated heterocycles. The van der Waals surface area contributed by atoms with Gasteiger partial charge in [-0.05, 0) is 37.9 Å². The first kappa shape index (κ1) is 15.5. The summed E-state index contributed by atoms with van der Waals surface area (Å²) < 4.78 is 4.89. The van der Waals surface area contributed by atoms with Gasteiger partial charge >= 0.3 is 0 Å². The number of thiophene rings is 1. The number of likely N-dealkylation sites (tertiary alicyclic amines) is 1. The van der Waals surface area contributed by atoms with Crippen LogP contribution in [0, 0.1) is 12.8 Å². The van der Waals surface area contributed by atoms with Gasteiger partial charge in [-0.2, -0.15) is 0 Å². The molecule has 1 aliphatic heterocycles. The monoisotopic (exact) mass is 296 g/mol. The van der Waals surface area contributed by atoms with Crippen molar-refractivity contribution in [3.63, 3.8) is 0 Å². The van der Waals surface area contributed by atoms with Crippen molar-refractivity contribution in [2.45, 2.75) is 19.9 Å². The number of carbonyl (C=O) groups excluding carboxylic acids is 1. The highest BCUT2D eigenvalue weighted by Gasteiger charge is 2.25. The van der Waals surface area contributed by atoms with Crippen molar-refractivity contribution < 1.29 is 9.53 Å². The van der Waals surface area contributed by atoms with E-state index < -0.39 is 0 Å². The van der Waals surface area contributed by atoms with E-state index in [4.69, 9.17) is 4.74 Å². The van der Waals surface area contributed by atoms with E-state index in [1.165, 1.54) is 16.2 Å². The molecule has 0 saturated carbocycles. The number of hydrogen-bond donors (Lipinski definition) is 0. The summed E-state index contributed by atoms with van der Waals surface area (Å²) >= 11 is 1.88. The molecule has 0 spiro atoms. The van der Waals surface area contributed by atoms with E-state index in [1.54, 1.807) is 12.0 Å². The highest BCUT2D eigenvalue weighted by Crippen LogP contribution is 2.22. The van der Waals surface area contributed by atoms with Crippen LogP contribution < -0.4 is 0 Å². The van der Waals surface area contributed by atoms with Crippen LogP contribution in [-0.2, 0) is 16.1 Å². The highest BCUT2D eigenvalue weighted by molar-refractivity contribution is 7.11. The number of likely N-dealkylation sites (N-methyl/N-ethyl adjacent to an activating group) is 1. The van der Waals surface area contributed by atoms with Gasteiger partial charge in [0.05, 0.1) is 0 Å². The molecule has 5 heteroatoms. The second kappa shape index (κ2) is 7.20. The fraction of sp³-hybridized carbons (Fsp3) is 0.667. The molecule has 0 aliphatic carbocycles. The van der Waals surface area contributed by atoms with Crippen molar-refractivity contribution in [3.05, 3.63) is 21.9 Å². The Morgan fingerprint density at radius 1 is 1.55 bits per heavy atom. The number of nitrogens with zero attached hydrogens (tertiary/aromatic N) is 2. The lowest BCUT2D eigenvalue weighted by molar-refractivity contribution is -0.134. The normalized spacial score (nSPS) is 19.4. The number of aryl methyl sites for hydroxylation is 1. The van der Waals surface area contributed by atoms with Crippen LogP contribution in [0.15, 0.2) is 12.1 Å². The van der Waals surface area contributed by atoms with Crippen LogP contribution in [0.4, 0.5) is 0 Å². The van der Waals surface area contributed by atoms with Crippen molar-refractivity contribution in [1.82, 2.24) is 9.80 Å². The summed E-state index contributed by atoms with van der Waals surface area (Å²) in [6.45, 7) is 6.43. The zero-order chi connectivity index (χ0) is 14.5. The molecule has 112 valence electrons. The molecule has 1 atom stereocenters. The van der Waals surface area contributed by atoms with Crippen molar-refractivity contribution in [2.75, 3.05) is 40.4 Å². The molecule has 0 bridgehead atoms. The van der Waals surface area contributed by atoms with Gasteiger partial charge in [-0.25, -0.2) is 0 Å². The van der Waals surface area contributed by atoms with Gasteiger partial charge in [0.2, 0.25) is 5.91 Å². The van der Waals surface area contributed by atoms with E-state index in [-0.39, 0.29) is 12.5 Å². The lowest BCUT2D eigenvalue weighted by atomic mass is 10.1. The van der Waals surface area contributed by atoms with Crippen LogP contribution in [-0.4, -0.2) is 56.1 Å². The summed E-state index contributed by atoms with van der Waals surface area (Å²) in [6, 6.07) is 4.41. The zero-order valence-corrected chi connectivity index (χ0v) is 13.4. The second-order valence-electron chi connectivity index (χ2n) is 5.61. The smallest absolute Gasteiger partial charge is 0.248 e. The Labute approximate surface area is 125 Å². The minimum absolute atomic E-state index is 0.0693. The quantitative estimate of drug-likeness (QED) is 0.805. The third kappa shape index (κ3) is 4.30. The van der Waals surface area contributed by atoms with Crippen LogP contribution in [0.2, 0.25) is 0 Å². The molecule has 1 aromatic heterocycles. The Morgan fingerprint density at radius 2 is 2.35 bits per heavy atom. The summed E-state index contributed by atoms with van der Waals surface area (Å²) in [5.41, 5.74) is 0. The highest BCUT2D eigenvalue weighted by atomic mass is 32.1. The number of rotatable bonds is 6.